The topological polar surface area (TPSA) is 79.7 Å². The van der Waals surface area contributed by atoms with E-state index < -0.39 is 5.97 Å². The van der Waals surface area contributed by atoms with Crippen molar-refractivity contribution in [2.45, 2.75) is 83.0 Å². The highest BCUT2D eigenvalue weighted by atomic mass is 32.1. The summed E-state index contributed by atoms with van der Waals surface area (Å²) in [5.41, 5.74) is 4.63. The van der Waals surface area contributed by atoms with Gasteiger partial charge in [-0.1, -0.05) is 24.3 Å². The first-order chi connectivity index (χ1) is 20.4. The molecule has 1 N–H and O–H groups in total. The number of thiazole rings is 1. The molecule has 1 aromatic heterocycles. The first-order valence-electron chi connectivity index (χ1n) is 15.6. The normalized spacial score (nSPS) is 24.2. The molecule has 3 saturated carbocycles. The van der Waals surface area contributed by atoms with Crippen molar-refractivity contribution in [2.24, 2.45) is 17.8 Å². The Labute approximate surface area is 253 Å². The monoisotopic (exact) mass is 586 g/mol. The number of carboxylic acids is 1. The number of carbonyl (C=O) groups is 2. The zero-order valence-electron chi connectivity index (χ0n) is 24.8. The smallest absolute Gasteiger partial charge is 0.306 e. The standard InChI is InChI=1S/C35H42N2O4S/c1-22-18-28(16-17-31(22)41-2)24-8-6-23(7-9-24)21-37(34(38)26-12-14-27(15-13-26)35(39)40)30-5-3-4-29(19-30)32-20-36-33(42-32)25-10-11-25/h3-5,16-20,23-27H,6-15,21H2,1-2H3,(H,39,40)/t23-,24-,26-,27-. The highest BCUT2D eigenvalue weighted by Crippen LogP contribution is 2.44. The van der Waals surface area contributed by atoms with Crippen LogP contribution in [0.2, 0.25) is 0 Å². The summed E-state index contributed by atoms with van der Waals surface area (Å²) < 4.78 is 5.46. The van der Waals surface area contributed by atoms with Gasteiger partial charge in [0.05, 0.1) is 22.9 Å². The summed E-state index contributed by atoms with van der Waals surface area (Å²) in [6.07, 6.45) is 11.3. The molecule has 0 bridgehead atoms. The van der Waals surface area contributed by atoms with Crippen LogP contribution in [0.25, 0.3) is 10.4 Å². The van der Waals surface area contributed by atoms with E-state index in [1.807, 2.05) is 11.1 Å². The van der Waals surface area contributed by atoms with Gasteiger partial charge in [0.2, 0.25) is 5.91 Å². The number of aromatic nitrogens is 1. The first kappa shape index (κ1) is 28.9. The van der Waals surface area contributed by atoms with Crippen LogP contribution in [0.5, 0.6) is 5.75 Å². The molecule has 3 aromatic rings. The van der Waals surface area contributed by atoms with Crippen LogP contribution in [-0.2, 0) is 9.59 Å². The summed E-state index contributed by atoms with van der Waals surface area (Å²) >= 11 is 1.78. The number of ether oxygens (including phenoxy) is 1. The molecule has 42 heavy (non-hydrogen) atoms. The van der Waals surface area contributed by atoms with Gasteiger partial charge in [-0.15, -0.1) is 11.3 Å². The van der Waals surface area contributed by atoms with Crippen molar-refractivity contribution >= 4 is 28.9 Å². The maximum Gasteiger partial charge on any atom is 0.306 e. The van der Waals surface area contributed by atoms with Crippen LogP contribution in [0.3, 0.4) is 0 Å². The lowest BCUT2D eigenvalue weighted by Crippen LogP contribution is -2.41. The summed E-state index contributed by atoms with van der Waals surface area (Å²) in [4.78, 5) is 33.6. The summed E-state index contributed by atoms with van der Waals surface area (Å²) in [5.74, 6) is 1.52. The van der Waals surface area contributed by atoms with Gasteiger partial charge in [0.25, 0.3) is 0 Å². The quantitative estimate of drug-likeness (QED) is 0.273. The molecule has 0 radical (unpaired) electrons. The zero-order valence-corrected chi connectivity index (χ0v) is 25.6. The van der Waals surface area contributed by atoms with E-state index in [0.717, 1.165) is 47.6 Å². The predicted octanol–water partition coefficient (Wildman–Crippen LogP) is 8.20. The van der Waals surface area contributed by atoms with Crippen LogP contribution in [0.1, 0.15) is 92.2 Å². The Morgan fingerprint density at radius 3 is 2.31 bits per heavy atom. The van der Waals surface area contributed by atoms with E-state index in [0.29, 0.717) is 50.0 Å². The third-order valence-electron chi connectivity index (χ3n) is 9.76. The molecule has 7 heteroatoms. The fraction of sp³-hybridized carbons (Fsp3) is 0.514. The molecule has 222 valence electrons. The van der Waals surface area contributed by atoms with Gasteiger partial charge in [0.15, 0.2) is 0 Å². The molecular weight excluding hydrogens is 544 g/mol. The Morgan fingerprint density at radius 1 is 0.929 bits per heavy atom. The Morgan fingerprint density at radius 2 is 1.64 bits per heavy atom. The van der Waals surface area contributed by atoms with E-state index in [1.165, 1.54) is 29.0 Å². The fourth-order valence-corrected chi connectivity index (χ4v) is 8.07. The van der Waals surface area contributed by atoms with Crippen molar-refractivity contribution in [1.82, 2.24) is 4.98 Å². The Balaban J connectivity index is 1.19. The highest BCUT2D eigenvalue weighted by Gasteiger charge is 2.34. The number of amides is 1. The van der Waals surface area contributed by atoms with Gasteiger partial charge < -0.3 is 14.7 Å². The molecule has 3 aliphatic rings. The molecule has 3 fully saturated rings. The zero-order chi connectivity index (χ0) is 29.2. The molecule has 6 nitrogen and oxygen atoms in total. The summed E-state index contributed by atoms with van der Waals surface area (Å²) in [5, 5.41) is 10.7. The van der Waals surface area contributed by atoms with Gasteiger partial charge in [-0.2, -0.15) is 0 Å². The van der Waals surface area contributed by atoms with Crippen LogP contribution in [0.4, 0.5) is 5.69 Å². The number of nitrogens with zero attached hydrogens (tertiary/aromatic N) is 2. The molecule has 3 aliphatic carbocycles. The van der Waals surface area contributed by atoms with E-state index in [1.54, 1.807) is 18.4 Å². The molecule has 1 heterocycles. The minimum atomic E-state index is -0.732. The molecule has 0 atom stereocenters. The summed E-state index contributed by atoms with van der Waals surface area (Å²) in [6, 6.07) is 15.0. The second-order valence-electron chi connectivity index (χ2n) is 12.7. The van der Waals surface area contributed by atoms with Gasteiger partial charge in [0, 0.05) is 30.3 Å². The fourth-order valence-electron chi connectivity index (χ4n) is 6.99. The Hall–Kier alpha value is -3.19. The maximum atomic E-state index is 14.1. The lowest BCUT2D eigenvalue weighted by Gasteiger charge is -2.36. The average molecular weight is 587 g/mol. The number of rotatable bonds is 9. The number of benzene rings is 2. The van der Waals surface area contributed by atoms with Gasteiger partial charge in [0.1, 0.15) is 5.75 Å². The highest BCUT2D eigenvalue weighted by molar-refractivity contribution is 7.15. The molecule has 0 spiro atoms. The van der Waals surface area contributed by atoms with E-state index in [9.17, 15) is 14.7 Å². The number of anilines is 1. The SMILES string of the molecule is COc1ccc([C@H]2CC[C@H](CN(c3cccc(-c4cnc(C5CC5)s4)c3)C(=O)[C@H]3CC[C@H](C(=O)O)CC3)CC2)cc1C. The number of carbonyl (C=O) groups excluding carboxylic acids is 1. The van der Waals surface area contributed by atoms with Crippen LogP contribution in [0.15, 0.2) is 48.7 Å². The van der Waals surface area contributed by atoms with Crippen molar-refractivity contribution in [3.8, 4) is 16.2 Å². The number of hydrogen-bond donors (Lipinski definition) is 1. The lowest BCUT2D eigenvalue weighted by atomic mass is 9.77. The van der Waals surface area contributed by atoms with E-state index in [-0.39, 0.29) is 17.7 Å². The first-order valence-corrected chi connectivity index (χ1v) is 16.5. The third kappa shape index (κ3) is 6.41. The van der Waals surface area contributed by atoms with Crippen molar-refractivity contribution in [1.29, 1.82) is 0 Å². The third-order valence-corrected chi connectivity index (χ3v) is 11.0. The number of aryl methyl sites for hydroxylation is 1. The maximum absolute atomic E-state index is 14.1. The lowest BCUT2D eigenvalue weighted by molar-refractivity contribution is -0.144. The second kappa shape index (κ2) is 12.6. The number of carboxylic acid groups (broad SMARTS) is 1. The number of methoxy groups -OCH3 is 1. The van der Waals surface area contributed by atoms with E-state index in [2.05, 4.69) is 54.4 Å². The minimum absolute atomic E-state index is 0.118. The predicted molar refractivity (Wildman–Crippen MR) is 167 cm³/mol. The van der Waals surface area contributed by atoms with Gasteiger partial charge in [-0.3, -0.25) is 9.59 Å². The van der Waals surface area contributed by atoms with Crippen molar-refractivity contribution < 1.29 is 19.4 Å². The largest absolute Gasteiger partial charge is 0.496 e. The molecule has 0 saturated heterocycles. The molecule has 2 aromatic carbocycles. The average Bonchev–Trinajstić information content (AvgIpc) is 3.75. The summed E-state index contributed by atoms with van der Waals surface area (Å²) in [6.45, 7) is 2.82. The molecule has 1 amide bonds. The van der Waals surface area contributed by atoms with Crippen molar-refractivity contribution in [2.75, 3.05) is 18.6 Å². The number of hydrogen-bond acceptors (Lipinski definition) is 5. The Bertz CT molecular complexity index is 1410. The Kier molecular flexibility index (Phi) is 8.66. The van der Waals surface area contributed by atoms with Crippen LogP contribution < -0.4 is 9.64 Å². The minimum Gasteiger partial charge on any atom is -0.496 e. The van der Waals surface area contributed by atoms with Crippen LogP contribution >= 0.6 is 11.3 Å². The van der Waals surface area contributed by atoms with Crippen molar-refractivity contribution in [3.05, 3.63) is 64.8 Å². The van der Waals surface area contributed by atoms with Gasteiger partial charge in [-0.05, 0) is 118 Å². The second-order valence-corrected chi connectivity index (χ2v) is 13.7. The molecule has 0 unspecified atom stereocenters. The van der Waals surface area contributed by atoms with E-state index >= 15 is 0 Å². The number of aliphatic carboxylic acids is 1. The van der Waals surface area contributed by atoms with Gasteiger partial charge >= 0.3 is 5.97 Å². The van der Waals surface area contributed by atoms with Crippen LogP contribution in [-0.4, -0.2) is 35.6 Å². The van der Waals surface area contributed by atoms with Crippen molar-refractivity contribution in [3.63, 3.8) is 0 Å². The van der Waals surface area contributed by atoms with Gasteiger partial charge in [-0.25, -0.2) is 4.98 Å². The summed E-state index contributed by atoms with van der Waals surface area (Å²) in [7, 11) is 1.72. The molecule has 0 aliphatic heterocycles. The molecule has 6 rings (SSSR count). The van der Waals surface area contributed by atoms with E-state index in [4.69, 9.17) is 4.74 Å². The van der Waals surface area contributed by atoms with Crippen LogP contribution in [0, 0.1) is 24.7 Å². The molecular formula is C35H42N2O4S.